The molecule has 0 aromatic heterocycles. The number of anilines is 1. The molecule has 0 radical (unpaired) electrons. The van der Waals surface area contributed by atoms with Crippen LogP contribution < -0.4 is 10.2 Å². The molecule has 0 saturated heterocycles. The van der Waals surface area contributed by atoms with Gasteiger partial charge < -0.3 is 15.0 Å². The quantitative estimate of drug-likeness (QED) is 0.778. The highest BCUT2D eigenvalue weighted by Gasteiger charge is 2.13. The van der Waals surface area contributed by atoms with Gasteiger partial charge in [-0.1, -0.05) is 12.1 Å². The van der Waals surface area contributed by atoms with Crippen LogP contribution >= 0.6 is 0 Å². The number of para-hydroxylation sites is 1. The van der Waals surface area contributed by atoms with Crippen LogP contribution in [0.15, 0.2) is 18.2 Å². The average molecular weight is 261 g/mol. The first-order chi connectivity index (χ1) is 9.10. The van der Waals surface area contributed by atoms with Gasteiger partial charge in [-0.05, 0) is 18.6 Å². The number of carbonyl (C=O) groups is 1. The zero-order valence-electron chi connectivity index (χ0n) is 11.6. The zero-order chi connectivity index (χ0) is 14.3. The predicted octanol–water partition coefficient (Wildman–Crippen LogP) is 1.07. The molecule has 102 valence electrons. The number of likely N-dealkylation sites (N-methyl/N-ethyl adjacent to an activating group) is 1. The van der Waals surface area contributed by atoms with Crippen molar-refractivity contribution in [1.82, 2.24) is 5.32 Å². The van der Waals surface area contributed by atoms with Gasteiger partial charge in [0.2, 0.25) is 5.91 Å². The van der Waals surface area contributed by atoms with Crippen molar-refractivity contribution < 1.29 is 9.53 Å². The van der Waals surface area contributed by atoms with E-state index in [0.717, 1.165) is 11.3 Å². The molecule has 1 rings (SSSR count). The van der Waals surface area contributed by atoms with Crippen LogP contribution in [0.1, 0.15) is 11.1 Å². The second kappa shape index (κ2) is 7.39. The fraction of sp³-hybridized carbons (Fsp3) is 0.429. The smallest absolute Gasteiger partial charge is 0.239 e. The highest BCUT2D eigenvalue weighted by molar-refractivity contribution is 5.82. The molecular weight excluding hydrogens is 242 g/mol. The summed E-state index contributed by atoms with van der Waals surface area (Å²) in [6, 6.07) is 7.66. The molecular formula is C14H19N3O2. The molecule has 0 aliphatic rings. The van der Waals surface area contributed by atoms with E-state index >= 15 is 0 Å². The number of carbonyl (C=O) groups excluding carboxylic acids is 1. The van der Waals surface area contributed by atoms with Crippen molar-refractivity contribution in [1.29, 1.82) is 5.26 Å². The minimum absolute atomic E-state index is 0.0910. The summed E-state index contributed by atoms with van der Waals surface area (Å²) in [4.78, 5) is 13.5. The average Bonchev–Trinajstić information content (AvgIpc) is 2.38. The molecule has 0 bridgehead atoms. The normalized spacial score (nSPS) is 9.79. The van der Waals surface area contributed by atoms with Gasteiger partial charge in [-0.3, -0.25) is 4.79 Å². The van der Waals surface area contributed by atoms with Crippen LogP contribution in [0, 0.1) is 18.3 Å². The van der Waals surface area contributed by atoms with Crippen LogP contribution in [0.2, 0.25) is 0 Å². The second-order valence-electron chi connectivity index (χ2n) is 4.28. The largest absolute Gasteiger partial charge is 0.383 e. The van der Waals surface area contributed by atoms with E-state index < -0.39 is 0 Å². The standard InChI is InChI=1S/C14H19N3O2/c1-11-5-4-6-12(9-15)14(11)17(2)10-13(18)16-7-8-19-3/h4-6H,7-8,10H2,1-3H3,(H,16,18). The van der Waals surface area contributed by atoms with Crippen molar-refractivity contribution in [3.8, 4) is 6.07 Å². The van der Waals surface area contributed by atoms with Crippen molar-refractivity contribution in [3.05, 3.63) is 29.3 Å². The van der Waals surface area contributed by atoms with E-state index in [1.54, 1.807) is 25.1 Å². The van der Waals surface area contributed by atoms with Crippen molar-refractivity contribution in [3.63, 3.8) is 0 Å². The molecule has 0 spiro atoms. The molecule has 1 aromatic rings. The summed E-state index contributed by atoms with van der Waals surface area (Å²) < 4.78 is 4.87. The van der Waals surface area contributed by atoms with Crippen LogP contribution in [-0.4, -0.2) is 39.8 Å². The number of benzene rings is 1. The number of rotatable bonds is 6. The van der Waals surface area contributed by atoms with Gasteiger partial charge in [0.25, 0.3) is 0 Å². The van der Waals surface area contributed by atoms with E-state index in [2.05, 4.69) is 11.4 Å². The van der Waals surface area contributed by atoms with E-state index in [0.29, 0.717) is 18.7 Å². The SMILES string of the molecule is COCCNC(=O)CN(C)c1c(C)cccc1C#N. The first-order valence-electron chi connectivity index (χ1n) is 6.06. The van der Waals surface area contributed by atoms with Crippen LogP contribution in [0.5, 0.6) is 0 Å². The van der Waals surface area contributed by atoms with Crippen molar-refractivity contribution in [2.24, 2.45) is 0 Å². The van der Waals surface area contributed by atoms with E-state index in [1.165, 1.54) is 0 Å². The highest BCUT2D eigenvalue weighted by Crippen LogP contribution is 2.23. The maximum atomic E-state index is 11.7. The molecule has 0 unspecified atom stereocenters. The van der Waals surface area contributed by atoms with Crippen molar-refractivity contribution in [2.75, 3.05) is 38.8 Å². The fourth-order valence-corrected chi connectivity index (χ4v) is 1.90. The Morgan fingerprint density at radius 1 is 1.53 bits per heavy atom. The third kappa shape index (κ3) is 4.27. The summed E-state index contributed by atoms with van der Waals surface area (Å²) in [5.74, 6) is -0.0910. The maximum absolute atomic E-state index is 11.7. The minimum Gasteiger partial charge on any atom is -0.383 e. The van der Waals surface area contributed by atoms with E-state index in [1.807, 2.05) is 19.1 Å². The van der Waals surface area contributed by atoms with Crippen LogP contribution in [0.25, 0.3) is 0 Å². The van der Waals surface area contributed by atoms with Crippen molar-refractivity contribution >= 4 is 11.6 Å². The summed E-state index contributed by atoms with van der Waals surface area (Å²) in [5.41, 5.74) is 2.35. The van der Waals surface area contributed by atoms with Gasteiger partial charge in [-0.15, -0.1) is 0 Å². The van der Waals surface area contributed by atoms with Gasteiger partial charge in [0.15, 0.2) is 0 Å². The molecule has 0 fully saturated rings. The Labute approximate surface area is 113 Å². The van der Waals surface area contributed by atoms with Crippen LogP contribution in [-0.2, 0) is 9.53 Å². The van der Waals surface area contributed by atoms with Gasteiger partial charge in [-0.2, -0.15) is 5.26 Å². The maximum Gasteiger partial charge on any atom is 0.239 e. The first-order valence-corrected chi connectivity index (χ1v) is 6.06. The first kappa shape index (κ1) is 15.0. The molecule has 0 heterocycles. The molecule has 1 aromatic carbocycles. The van der Waals surface area contributed by atoms with Gasteiger partial charge in [0.1, 0.15) is 6.07 Å². The number of nitriles is 1. The lowest BCUT2D eigenvalue weighted by atomic mass is 10.1. The number of methoxy groups -OCH3 is 1. The lowest BCUT2D eigenvalue weighted by Crippen LogP contribution is -2.37. The lowest BCUT2D eigenvalue weighted by Gasteiger charge is -2.22. The minimum atomic E-state index is -0.0910. The summed E-state index contributed by atoms with van der Waals surface area (Å²) in [5, 5.41) is 11.9. The van der Waals surface area contributed by atoms with E-state index in [4.69, 9.17) is 10.00 Å². The molecule has 19 heavy (non-hydrogen) atoms. The molecule has 0 aliphatic carbocycles. The molecule has 1 N–H and O–H groups in total. The Hall–Kier alpha value is -2.06. The molecule has 0 aliphatic heterocycles. The van der Waals surface area contributed by atoms with Crippen LogP contribution in [0.3, 0.4) is 0 Å². The van der Waals surface area contributed by atoms with Crippen molar-refractivity contribution in [2.45, 2.75) is 6.92 Å². The monoisotopic (exact) mass is 261 g/mol. The van der Waals surface area contributed by atoms with Gasteiger partial charge in [0, 0.05) is 20.7 Å². The summed E-state index contributed by atoms with van der Waals surface area (Å²) >= 11 is 0. The third-order valence-electron chi connectivity index (χ3n) is 2.75. The summed E-state index contributed by atoms with van der Waals surface area (Å²) in [7, 11) is 3.39. The molecule has 5 heteroatoms. The Balaban J connectivity index is 2.71. The molecule has 0 atom stereocenters. The number of amides is 1. The Morgan fingerprint density at radius 2 is 2.26 bits per heavy atom. The zero-order valence-corrected chi connectivity index (χ0v) is 11.6. The Morgan fingerprint density at radius 3 is 2.89 bits per heavy atom. The number of aryl methyl sites for hydroxylation is 1. The number of hydrogen-bond donors (Lipinski definition) is 1. The molecule has 1 amide bonds. The Bertz CT molecular complexity index is 480. The third-order valence-corrected chi connectivity index (χ3v) is 2.75. The van der Waals surface area contributed by atoms with Gasteiger partial charge in [-0.25, -0.2) is 0 Å². The van der Waals surface area contributed by atoms with Gasteiger partial charge in [0.05, 0.1) is 24.4 Å². The number of nitrogens with zero attached hydrogens (tertiary/aromatic N) is 2. The summed E-state index contributed by atoms with van der Waals surface area (Å²) in [6.45, 7) is 3.12. The summed E-state index contributed by atoms with van der Waals surface area (Å²) in [6.07, 6.45) is 0. The van der Waals surface area contributed by atoms with Crippen LogP contribution in [0.4, 0.5) is 5.69 Å². The Kier molecular flexibility index (Phi) is 5.83. The fourth-order valence-electron chi connectivity index (χ4n) is 1.90. The number of hydrogen-bond acceptors (Lipinski definition) is 4. The predicted molar refractivity (Wildman–Crippen MR) is 74.0 cm³/mol. The molecule has 5 nitrogen and oxygen atoms in total. The van der Waals surface area contributed by atoms with E-state index in [-0.39, 0.29) is 12.5 Å². The highest BCUT2D eigenvalue weighted by atomic mass is 16.5. The lowest BCUT2D eigenvalue weighted by molar-refractivity contribution is -0.119. The van der Waals surface area contributed by atoms with Gasteiger partial charge >= 0.3 is 0 Å². The molecule has 0 saturated carbocycles. The van der Waals surface area contributed by atoms with E-state index in [9.17, 15) is 4.79 Å². The second-order valence-corrected chi connectivity index (χ2v) is 4.28. The topological polar surface area (TPSA) is 65.4 Å². The number of ether oxygens (including phenoxy) is 1. The number of nitrogens with one attached hydrogen (secondary N) is 1.